The zero-order valence-electron chi connectivity index (χ0n) is 13.4. The molecule has 0 bridgehead atoms. The molecule has 0 spiro atoms. The summed E-state index contributed by atoms with van der Waals surface area (Å²) in [6, 6.07) is 0.765. The van der Waals surface area contributed by atoms with Crippen LogP contribution in [0.15, 0.2) is 0 Å². The Morgan fingerprint density at radius 2 is 1.67 bits per heavy atom. The van der Waals surface area contributed by atoms with E-state index in [0.29, 0.717) is 5.41 Å². The molecule has 0 aromatic rings. The molecule has 0 saturated heterocycles. The van der Waals surface area contributed by atoms with Crippen molar-refractivity contribution in [3.8, 4) is 0 Å². The normalized spacial score (nSPS) is 26.0. The second kappa shape index (κ2) is 6.91. The lowest BCUT2D eigenvalue weighted by Gasteiger charge is -2.35. The smallest absolute Gasteiger partial charge is 0.00675 e. The lowest BCUT2D eigenvalue weighted by molar-refractivity contribution is 0.196. The molecule has 2 heteroatoms. The Morgan fingerprint density at radius 1 is 1.11 bits per heavy atom. The lowest BCUT2D eigenvalue weighted by atomic mass is 9.79. The Kier molecular flexibility index (Phi) is 6.13. The molecule has 0 amide bonds. The second-order valence-electron chi connectivity index (χ2n) is 7.64. The molecule has 1 N–H and O–H groups in total. The molecule has 1 saturated carbocycles. The summed E-state index contributed by atoms with van der Waals surface area (Å²) in [4.78, 5) is 2.29. The number of rotatable bonds is 6. The van der Waals surface area contributed by atoms with E-state index in [1.165, 1.54) is 25.7 Å². The van der Waals surface area contributed by atoms with E-state index in [1.807, 2.05) is 0 Å². The van der Waals surface area contributed by atoms with E-state index in [-0.39, 0.29) is 0 Å². The highest BCUT2D eigenvalue weighted by Crippen LogP contribution is 2.30. The molecular formula is C16H34N2. The van der Waals surface area contributed by atoms with Gasteiger partial charge in [0, 0.05) is 19.1 Å². The van der Waals surface area contributed by atoms with Crippen LogP contribution in [-0.2, 0) is 0 Å². The number of nitrogens with one attached hydrogen (secondary N) is 1. The van der Waals surface area contributed by atoms with Crippen molar-refractivity contribution in [2.75, 3.05) is 27.2 Å². The van der Waals surface area contributed by atoms with Gasteiger partial charge in [-0.1, -0.05) is 27.7 Å². The summed E-state index contributed by atoms with van der Waals surface area (Å²) in [7, 11) is 4.32. The van der Waals surface area contributed by atoms with Crippen molar-refractivity contribution in [3.63, 3.8) is 0 Å². The van der Waals surface area contributed by atoms with Crippen LogP contribution in [0.5, 0.6) is 0 Å². The maximum Gasteiger partial charge on any atom is 0.00675 e. The van der Waals surface area contributed by atoms with Crippen LogP contribution in [0.25, 0.3) is 0 Å². The number of hydrogen-bond donors (Lipinski definition) is 1. The van der Waals surface area contributed by atoms with Crippen molar-refractivity contribution >= 4 is 0 Å². The van der Waals surface area contributed by atoms with E-state index in [0.717, 1.165) is 31.0 Å². The van der Waals surface area contributed by atoms with Gasteiger partial charge in [0.2, 0.25) is 0 Å². The van der Waals surface area contributed by atoms with Crippen LogP contribution in [-0.4, -0.2) is 38.1 Å². The van der Waals surface area contributed by atoms with Crippen molar-refractivity contribution in [2.24, 2.45) is 17.3 Å². The molecule has 0 unspecified atom stereocenters. The van der Waals surface area contributed by atoms with E-state index >= 15 is 0 Å². The number of nitrogens with zero attached hydrogens (tertiary/aromatic N) is 1. The SMILES string of the molecule is CC(C)C1CCC(NCC(C)(C)CN(C)C)CC1. The predicted octanol–water partition coefficient (Wildman–Crippen LogP) is 3.38. The van der Waals surface area contributed by atoms with Gasteiger partial charge in [-0.3, -0.25) is 0 Å². The number of hydrogen-bond acceptors (Lipinski definition) is 2. The Bertz CT molecular complexity index is 225. The third kappa shape index (κ3) is 5.71. The minimum absolute atomic E-state index is 0.373. The van der Waals surface area contributed by atoms with Crippen LogP contribution >= 0.6 is 0 Å². The van der Waals surface area contributed by atoms with Crippen molar-refractivity contribution in [2.45, 2.75) is 59.4 Å². The quantitative estimate of drug-likeness (QED) is 0.782. The van der Waals surface area contributed by atoms with E-state index in [1.54, 1.807) is 0 Å². The average molecular weight is 254 g/mol. The summed E-state index contributed by atoms with van der Waals surface area (Å²) in [6.07, 6.45) is 5.59. The summed E-state index contributed by atoms with van der Waals surface area (Å²) in [5.41, 5.74) is 0.373. The highest BCUT2D eigenvalue weighted by molar-refractivity contribution is 4.82. The monoisotopic (exact) mass is 254 g/mol. The molecule has 0 aromatic carbocycles. The van der Waals surface area contributed by atoms with Crippen molar-refractivity contribution in [3.05, 3.63) is 0 Å². The second-order valence-corrected chi connectivity index (χ2v) is 7.64. The summed E-state index contributed by atoms with van der Waals surface area (Å²) in [6.45, 7) is 11.8. The molecular weight excluding hydrogens is 220 g/mol. The molecule has 1 fully saturated rings. The Labute approximate surface area is 115 Å². The van der Waals surface area contributed by atoms with E-state index in [9.17, 15) is 0 Å². The molecule has 1 aliphatic rings. The molecule has 1 aliphatic carbocycles. The molecule has 1 rings (SSSR count). The fourth-order valence-corrected chi connectivity index (χ4v) is 3.32. The highest BCUT2D eigenvalue weighted by Gasteiger charge is 2.25. The summed E-state index contributed by atoms with van der Waals surface area (Å²) >= 11 is 0. The molecule has 0 aliphatic heterocycles. The molecule has 0 atom stereocenters. The Hall–Kier alpha value is -0.0800. The van der Waals surface area contributed by atoms with Crippen LogP contribution in [0.3, 0.4) is 0 Å². The van der Waals surface area contributed by atoms with E-state index in [4.69, 9.17) is 0 Å². The van der Waals surface area contributed by atoms with Gasteiger partial charge in [-0.25, -0.2) is 0 Å². The van der Waals surface area contributed by atoms with Gasteiger partial charge >= 0.3 is 0 Å². The summed E-state index contributed by atoms with van der Waals surface area (Å²) in [5, 5.41) is 3.80. The van der Waals surface area contributed by atoms with Crippen LogP contribution in [0.2, 0.25) is 0 Å². The third-order valence-corrected chi connectivity index (χ3v) is 4.33. The zero-order valence-corrected chi connectivity index (χ0v) is 13.4. The van der Waals surface area contributed by atoms with Gasteiger partial charge in [-0.05, 0) is 57.0 Å². The zero-order chi connectivity index (χ0) is 13.8. The molecule has 108 valence electrons. The molecule has 0 aromatic heterocycles. The molecule has 18 heavy (non-hydrogen) atoms. The molecule has 0 heterocycles. The molecule has 0 radical (unpaired) electrons. The Morgan fingerprint density at radius 3 is 2.11 bits per heavy atom. The van der Waals surface area contributed by atoms with E-state index < -0.39 is 0 Å². The summed E-state index contributed by atoms with van der Waals surface area (Å²) < 4.78 is 0. The first kappa shape index (κ1) is 16.0. The van der Waals surface area contributed by atoms with Crippen LogP contribution in [0.4, 0.5) is 0 Å². The van der Waals surface area contributed by atoms with Crippen molar-refractivity contribution < 1.29 is 0 Å². The van der Waals surface area contributed by atoms with Gasteiger partial charge in [0.1, 0.15) is 0 Å². The maximum absolute atomic E-state index is 3.80. The molecule has 2 nitrogen and oxygen atoms in total. The van der Waals surface area contributed by atoms with Gasteiger partial charge in [0.25, 0.3) is 0 Å². The van der Waals surface area contributed by atoms with Gasteiger partial charge in [0.05, 0.1) is 0 Å². The first-order valence-corrected chi connectivity index (χ1v) is 7.68. The standard InChI is InChI=1S/C16H34N2/c1-13(2)14-7-9-15(10-8-14)17-11-16(3,4)12-18(5)6/h13-15,17H,7-12H2,1-6H3. The maximum atomic E-state index is 3.80. The fraction of sp³-hybridized carbons (Fsp3) is 1.00. The third-order valence-electron chi connectivity index (χ3n) is 4.33. The van der Waals surface area contributed by atoms with Crippen LogP contribution < -0.4 is 5.32 Å². The Balaban J connectivity index is 2.25. The van der Waals surface area contributed by atoms with Crippen LogP contribution in [0.1, 0.15) is 53.4 Å². The van der Waals surface area contributed by atoms with Gasteiger partial charge in [-0.2, -0.15) is 0 Å². The lowest BCUT2D eigenvalue weighted by Crippen LogP contribution is -2.43. The average Bonchev–Trinajstić information content (AvgIpc) is 2.25. The highest BCUT2D eigenvalue weighted by atomic mass is 15.1. The van der Waals surface area contributed by atoms with Gasteiger partial charge in [0.15, 0.2) is 0 Å². The largest absolute Gasteiger partial charge is 0.313 e. The minimum Gasteiger partial charge on any atom is -0.313 e. The van der Waals surface area contributed by atoms with Crippen molar-refractivity contribution in [1.29, 1.82) is 0 Å². The van der Waals surface area contributed by atoms with Crippen molar-refractivity contribution in [1.82, 2.24) is 10.2 Å². The topological polar surface area (TPSA) is 15.3 Å². The first-order chi connectivity index (χ1) is 8.30. The van der Waals surface area contributed by atoms with E-state index in [2.05, 4.69) is 52.0 Å². The van der Waals surface area contributed by atoms with Gasteiger partial charge in [-0.15, -0.1) is 0 Å². The van der Waals surface area contributed by atoms with Crippen LogP contribution in [0, 0.1) is 17.3 Å². The fourth-order valence-electron chi connectivity index (χ4n) is 3.32. The van der Waals surface area contributed by atoms with Gasteiger partial charge < -0.3 is 10.2 Å². The summed E-state index contributed by atoms with van der Waals surface area (Å²) in [5.74, 6) is 1.84. The first-order valence-electron chi connectivity index (χ1n) is 7.68. The predicted molar refractivity (Wildman–Crippen MR) is 80.9 cm³/mol. The minimum atomic E-state index is 0.373.